The highest BCUT2D eigenvalue weighted by Gasteiger charge is 1.91. The van der Waals surface area contributed by atoms with Gasteiger partial charge in [-0.1, -0.05) is 11.6 Å². The average Bonchev–Trinajstić information content (AvgIpc) is 1.38. The average molecular weight is 117 g/mol. The van der Waals surface area contributed by atoms with Crippen molar-refractivity contribution in [2.45, 2.75) is 5.63 Å². The van der Waals surface area contributed by atoms with E-state index in [1.807, 2.05) is 0 Å². The molecule has 0 heterocycles. The molecule has 0 saturated heterocycles. The van der Waals surface area contributed by atoms with Crippen LogP contribution in [0.1, 0.15) is 0 Å². The summed E-state index contributed by atoms with van der Waals surface area (Å²) in [5, 5.41) is 0. The van der Waals surface area contributed by atoms with Crippen molar-refractivity contribution in [2.24, 2.45) is 0 Å². The van der Waals surface area contributed by atoms with Gasteiger partial charge in [-0.05, 0) is 0 Å². The second-order valence-electron chi connectivity index (χ2n) is 0.545. The molecule has 0 bridgehead atoms. The minimum absolute atomic E-state index is 0.123. The van der Waals surface area contributed by atoms with Gasteiger partial charge < -0.3 is 0 Å². The smallest absolute Gasteiger partial charge is 0.186 e. The molecule has 0 saturated carbocycles. The molecule has 0 aromatic heterocycles. The molecule has 0 radical (unpaired) electrons. The van der Waals surface area contributed by atoms with E-state index >= 15 is 0 Å². The zero-order chi connectivity index (χ0) is 4.28. The molecule has 0 unspecified atom stereocenters. The molecular formula is C2H3Cl2F. The molecule has 1 atom stereocenters. The van der Waals surface area contributed by atoms with Crippen LogP contribution in [0.25, 0.3) is 0 Å². The number of alkyl halides is 3. The number of hydrogen-bond acceptors (Lipinski definition) is 0. The second kappa shape index (κ2) is 2.73. The number of hydrogen-bond donors (Lipinski definition) is 0. The van der Waals surface area contributed by atoms with Crippen molar-refractivity contribution in [3.8, 4) is 0 Å². The summed E-state index contributed by atoms with van der Waals surface area (Å²) < 4.78 is 11.1. The van der Waals surface area contributed by atoms with E-state index in [1.54, 1.807) is 0 Å². The molecule has 0 aromatic rings. The fourth-order valence-corrected chi connectivity index (χ4v) is 0. The van der Waals surface area contributed by atoms with E-state index in [-0.39, 0.29) is 5.88 Å². The van der Waals surface area contributed by atoms with Crippen molar-refractivity contribution < 1.29 is 4.39 Å². The van der Waals surface area contributed by atoms with Gasteiger partial charge in [0.05, 0.1) is 5.88 Å². The van der Waals surface area contributed by atoms with Gasteiger partial charge in [0.25, 0.3) is 0 Å². The third kappa shape index (κ3) is 4.51. The molecule has 0 rings (SSSR count). The van der Waals surface area contributed by atoms with Gasteiger partial charge in [0.2, 0.25) is 0 Å². The van der Waals surface area contributed by atoms with Crippen LogP contribution in [0.3, 0.4) is 0 Å². The Morgan fingerprint density at radius 3 is 2.00 bits per heavy atom. The Kier molecular flexibility index (Phi) is 3.01. The third-order valence-electron chi connectivity index (χ3n) is 0.117. The fourth-order valence-electron chi connectivity index (χ4n) is 0. The van der Waals surface area contributed by atoms with E-state index in [0.29, 0.717) is 0 Å². The lowest BCUT2D eigenvalue weighted by molar-refractivity contribution is 0.479. The lowest BCUT2D eigenvalue weighted by atomic mass is 10.9. The number of rotatable bonds is 1. The normalized spacial score (nSPS) is 15.0. The maximum absolute atomic E-state index is 11.1. The third-order valence-corrected chi connectivity index (χ3v) is 0.700. The molecule has 32 valence electrons. The quantitative estimate of drug-likeness (QED) is 0.459. The van der Waals surface area contributed by atoms with Gasteiger partial charge in [0.15, 0.2) is 5.63 Å². The molecule has 3 heteroatoms. The summed E-state index contributed by atoms with van der Waals surface area (Å²) in [6.45, 7) is 0. The van der Waals surface area contributed by atoms with Crippen molar-refractivity contribution in [1.82, 2.24) is 0 Å². The van der Waals surface area contributed by atoms with Crippen molar-refractivity contribution in [3.63, 3.8) is 0 Å². The minimum Gasteiger partial charge on any atom is -0.229 e. The van der Waals surface area contributed by atoms with Crippen molar-refractivity contribution in [3.05, 3.63) is 0 Å². The van der Waals surface area contributed by atoms with Crippen molar-refractivity contribution >= 4 is 23.2 Å². The van der Waals surface area contributed by atoms with Crippen LogP contribution in [-0.2, 0) is 0 Å². The molecular weight excluding hydrogens is 114 g/mol. The highest BCUT2D eigenvalue weighted by Crippen LogP contribution is 1.96. The lowest BCUT2D eigenvalue weighted by Crippen LogP contribution is -1.84. The van der Waals surface area contributed by atoms with Crippen LogP contribution in [0.15, 0.2) is 0 Å². The SMILES string of the molecule is F[C@H](Cl)CCl. The zero-order valence-electron chi connectivity index (χ0n) is 2.42. The molecule has 0 aliphatic rings. The monoisotopic (exact) mass is 116 g/mol. The fraction of sp³-hybridized carbons (Fsp3) is 1.00. The molecule has 0 spiro atoms. The van der Waals surface area contributed by atoms with Crippen LogP contribution in [0.4, 0.5) is 4.39 Å². The maximum Gasteiger partial charge on any atom is 0.186 e. The Balaban J connectivity index is 2.54. The van der Waals surface area contributed by atoms with Crippen LogP contribution >= 0.6 is 23.2 Å². The molecule has 0 aliphatic carbocycles. The Hall–Kier alpha value is 0.510. The summed E-state index contributed by atoms with van der Waals surface area (Å²) in [4.78, 5) is 0. The Labute approximate surface area is 39.9 Å². The van der Waals surface area contributed by atoms with Gasteiger partial charge in [-0.25, -0.2) is 4.39 Å². The summed E-state index contributed by atoms with van der Waals surface area (Å²) >= 11 is 9.49. The molecule has 0 fully saturated rings. The lowest BCUT2D eigenvalue weighted by Gasteiger charge is -1.81. The number of halogens is 3. The van der Waals surface area contributed by atoms with E-state index in [9.17, 15) is 4.39 Å². The van der Waals surface area contributed by atoms with Crippen LogP contribution in [-0.4, -0.2) is 11.5 Å². The van der Waals surface area contributed by atoms with Crippen molar-refractivity contribution in [1.29, 1.82) is 0 Å². The van der Waals surface area contributed by atoms with Gasteiger partial charge in [0.1, 0.15) is 0 Å². The minimum atomic E-state index is -1.38. The van der Waals surface area contributed by atoms with Crippen molar-refractivity contribution in [2.75, 3.05) is 5.88 Å². The predicted molar refractivity (Wildman–Crippen MR) is 21.5 cm³/mol. The molecule has 0 amide bonds. The summed E-state index contributed by atoms with van der Waals surface area (Å²) in [6.07, 6.45) is 0. The molecule has 0 aromatic carbocycles. The van der Waals surface area contributed by atoms with Gasteiger partial charge in [-0.15, -0.1) is 11.6 Å². The van der Waals surface area contributed by atoms with Crippen LogP contribution in [0.5, 0.6) is 0 Å². The molecule has 0 aliphatic heterocycles. The summed E-state index contributed by atoms with van der Waals surface area (Å²) in [7, 11) is 0. The standard InChI is InChI=1S/C2H3Cl2F/c3-1-2(4)5/h2H,1H2/t2-/m0/s1. The zero-order valence-corrected chi connectivity index (χ0v) is 3.93. The van der Waals surface area contributed by atoms with E-state index in [1.165, 1.54) is 0 Å². The van der Waals surface area contributed by atoms with Crippen LogP contribution < -0.4 is 0 Å². The highest BCUT2D eigenvalue weighted by molar-refractivity contribution is 6.27. The first kappa shape index (κ1) is 5.51. The summed E-state index contributed by atoms with van der Waals surface area (Å²) in [5.74, 6) is -0.123. The van der Waals surface area contributed by atoms with Gasteiger partial charge in [-0.3, -0.25) is 0 Å². The van der Waals surface area contributed by atoms with Crippen LogP contribution in [0.2, 0.25) is 0 Å². The first-order valence-electron chi connectivity index (χ1n) is 1.11. The largest absolute Gasteiger partial charge is 0.229 e. The van der Waals surface area contributed by atoms with E-state index < -0.39 is 5.63 Å². The molecule has 0 N–H and O–H groups in total. The first-order chi connectivity index (χ1) is 2.27. The van der Waals surface area contributed by atoms with Gasteiger partial charge in [-0.2, -0.15) is 0 Å². The van der Waals surface area contributed by atoms with E-state index in [2.05, 4.69) is 11.6 Å². The molecule has 0 nitrogen and oxygen atoms in total. The molecule has 5 heavy (non-hydrogen) atoms. The Morgan fingerprint density at radius 1 is 1.80 bits per heavy atom. The van der Waals surface area contributed by atoms with E-state index in [0.717, 1.165) is 0 Å². The maximum atomic E-state index is 11.1. The van der Waals surface area contributed by atoms with Gasteiger partial charge in [0, 0.05) is 0 Å². The van der Waals surface area contributed by atoms with Crippen LogP contribution in [0, 0.1) is 0 Å². The van der Waals surface area contributed by atoms with Gasteiger partial charge >= 0.3 is 0 Å². The Morgan fingerprint density at radius 2 is 2.00 bits per heavy atom. The second-order valence-corrected chi connectivity index (χ2v) is 1.33. The topological polar surface area (TPSA) is 0 Å². The first-order valence-corrected chi connectivity index (χ1v) is 2.08. The predicted octanol–water partition coefficient (Wildman–Crippen LogP) is 1.76. The highest BCUT2D eigenvalue weighted by atomic mass is 35.5. The summed E-state index contributed by atoms with van der Waals surface area (Å²) in [5.41, 5.74) is -1.38. The Bertz CT molecular complexity index is 21.6. The van der Waals surface area contributed by atoms with E-state index in [4.69, 9.17) is 11.6 Å². The summed E-state index contributed by atoms with van der Waals surface area (Å²) in [6, 6.07) is 0.